The monoisotopic (exact) mass is 254 g/mol. The third-order valence-electron chi connectivity index (χ3n) is 2.99. The molecule has 3 heterocycles. The van der Waals surface area contributed by atoms with Crippen LogP contribution in [0.15, 0.2) is 18.9 Å². The molecule has 1 saturated heterocycles. The van der Waals surface area contributed by atoms with Crippen LogP contribution in [0.1, 0.15) is 6.23 Å². The minimum Gasteiger partial charge on any atom is -0.394 e. The number of fused-ring (bicyclic) bond motifs is 1. The number of aliphatic hydroxyl groups excluding tert-OH is 2. The van der Waals surface area contributed by atoms with E-state index in [9.17, 15) is 9.50 Å². The first-order valence-corrected chi connectivity index (χ1v) is 5.43. The summed E-state index contributed by atoms with van der Waals surface area (Å²) in [4.78, 5) is 11.8. The number of imidazole rings is 1. The Hall–Kier alpha value is -1.64. The third kappa shape index (κ3) is 1.57. The number of nitrogens with zero attached hydrogens (tertiary/aromatic N) is 4. The Morgan fingerprint density at radius 3 is 3.00 bits per heavy atom. The van der Waals surface area contributed by atoms with Gasteiger partial charge in [0.1, 0.15) is 24.1 Å². The van der Waals surface area contributed by atoms with Crippen molar-refractivity contribution < 1.29 is 19.3 Å². The second-order valence-corrected chi connectivity index (χ2v) is 4.07. The molecular weight excluding hydrogens is 243 g/mol. The zero-order chi connectivity index (χ0) is 12.7. The molecule has 2 aromatic rings. The van der Waals surface area contributed by atoms with Gasteiger partial charge in [0.2, 0.25) is 0 Å². The Bertz CT molecular complexity index is 563. The van der Waals surface area contributed by atoms with Gasteiger partial charge >= 0.3 is 0 Å². The summed E-state index contributed by atoms with van der Waals surface area (Å²) < 4.78 is 20.6. The Morgan fingerprint density at radius 2 is 2.28 bits per heavy atom. The molecule has 1 fully saturated rings. The number of halogens is 1. The van der Waals surface area contributed by atoms with Crippen LogP contribution in [-0.2, 0) is 4.74 Å². The predicted molar refractivity (Wildman–Crippen MR) is 57.2 cm³/mol. The molecule has 2 N–H and O–H groups in total. The lowest BCUT2D eigenvalue weighted by Crippen LogP contribution is -2.30. The summed E-state index contributed by atoms with van der Waals surface area (Å²) in [7, 11) is 0. The quantitative estimate of drug-likeness (QED) is 0.744. The average Bonchev–Trinajstić information content (AvgIpc) is 2.93. The van der Waals surface area contributed by atoms with Gasteiger partial charge in [0.05, 0.1) is 19.1 Å². The van der Waals surface area contributed by atoms with E-state index in [-0.39, 0.29) is 0 Å². The van der Waals surface area contributed by atoms with E-state index in [2.05, 4.69) is 15.0 Å². The van der Waals surface area contributed by atoms with Crippen molar-refractivity contribution in [3.63, 3.8) is 0 Å². The van der Waals surface area contributed by atoms with Crippen LogP contribution in [0.2, 0.25) is 0 Å². The van der Waals surface area contributed by atoms with Gasteiger partial charge in [-0.1, -0.05) is 0 Å². The molecule has 1 aliphatic heterocycles. The fourth-order valence-electron chi connectivity index (χ4n) is 2.05. The van der Waals surface area contributed by atoms with Crippen molar-refractivity contribution in [2.45, 2.75) is 24.6 Å². The van der Waals surface area contributed by atoms with Crippen LogP contribution in [-0.4, -0.2) is 54.7 Å². The standard InChI is InChI=1S/C10H11FN4O3/c11-7-8(17)6(2-16)18-10(7)15-4-14-5-1-12-3-13-9(5)15/h1,3-4,6-8,10,16-17H,2H2/t6-,7-,8?,10-/m1/s1. The van der Waals surface area contributed by atoms with Gasteiger partial charge in [-0.25, -0.2) is 19.3 Å². The summed E-state index contributed by atoms with van der Waals surface area (Å²) in [6, 6.07) is 0. The van der Waals surface area contributed by atoms with Crippen LogP contribution in [0, 0.1) is 0 Å². The first-order valence-electron chi connectivity index (χ1n) is 5.43. The molecule has 4 atom stereocenters. The molecule has 0 radical (unpaired) electrons. The van der Waals surface area contributed by atoms with Gasteiger partial charge in [0.25, 0.3) is 0 Å². The SMILES string of the molecule is OC[C@H]1O[C@@H](n2cnc3cncnc32)[C@H](F)C1O. The van der Waals surface area contributed by atoms with Crippen LogP contribution >= 0.6 is 0 Å². The van der Waals surface area contributed by atoms with Crippen LogP contribution in [0.3, 0.4) is 0 Å². The van der Waals surface area contributed by atoms with E-state index in [1.807, 2.05) is 0 Å². The second kappa shape index (κ2) is 4.23. The largest absolute Gasteiger partial charge is 0.394 e. The molecule has 1 aliphatic rings. The molecule has 0 aromatic carbocycles. The topological polar surface area (TPSA) is 93.3 Å². The van der Waals surface area contributed by atoms with Gasteiger partial charge in [0.15, 0.2) is 18.0 Å². The maximum absolute atomic E-state index is 13.9. The summed E-state index contributed by atoms with van der Waals surface area (Å²) >= 11 is 0. The van der Waals surface area contributed by atoms with E-state index in [0.29, 0.717) is 11.2 Å². The highest BCUT2D eigenvalue weighted by molar-refractivity contribution is 5.68. The molecule has 7 nitrogen and oxygen atoms in total. The molecule has 96 valence electrons. The first-order chi connectivity index (χ1) is 8.72. The van der Waals surface area contributed by atoms with Crippen molar-refractivity contribution in [3.8, 4) is 0 Å². The van der Waals surface area contributed by atoms with Gasteiger partial charge < -0.3 is 14.9 Å². The number of aromatic nitrogens is 4. The highest BCUT2D eigenvalue weighted by Crippen LogP contribution is 2.33. The Balaban J connectivity index is 2.00. The normalized spacial score (nSPS) is 32.2. The number of rotatable bonds is 2. The van der Waals surface area contributed by atoms with Crippen molar-refractivity contribution in [1.29, 1.82) is 0 Å². The maximum Gasteiger partial charge on any atom is 0.173 e. The Labute approximate surface area is 101 Å². The lowest BCUT2D eigenvalue weighted by Gasteiger charge is -2.14. The fourth-order valence-corrected chi connectivity index (χ4v) is 2.05. The van der Waals surface area contributed by atoms with Crippen molar-refractivity contribution in [2.75, 3.05) is 6.61 Å². The van der Waals surface area contributed by atoms with E-state index in [0.717, 1.165) is 0 Å². The minimum absolute atomic E-state index is 0.420. The number of hydrogen-bond donors (Lipinski definition) is 2. The van der Waals surface area contributed by atoms with E-state index in [1.165, 1.54) is 23.4 Å². The lowest BCUT2D eigenvalue weighted by atomic mass is 10.1. The van der Waals surface area contributed by atoms with E-state index in [4.69, 9.17) is 9.84 Å². The molecule has 1 unspecified atom stereocenters. The summed E-state index contributed by atoms with van der Waals surface area (Å²) in [6.07, 6.45) is -0.790. The molecule has 0 bridgehead atoms. The molecule has 3 rings (SSSR count). The summed E-state index contributed by atoms with van der Waals surface area (Å²) in [5, 5.41) is 18.6. The smallest absolute Gasteiger partial charge is 0.173 e. The van der Waals surface area contributed by atoms with E-state index in [1.54, 1.807) is 0 Å². The minimum atomic E-state index is -1.64. The zero-order valence-electron chi connectivity index (χ0n) is 9.22. The van der Waals surface area contributed by atoms with Crippen molar-refractivity contribution in [3.05, 3.63) is 18.9 Å². The zero-order valence-corrected chi connectivity index (χ0v) is 9.22. The first kappa shape index (κ1) is 11.5. The molecule has 0 spiro atoms. The van der Waals surface area contributed by atoms with E-state index < -0.39 is 31.2 Å². The van der Waals surface area contributed by atoms with Crippen LogP contribution in [0.5, 0.6) is 0 Å². The van der Waals surface area contributed by atoms with Crippen LogP contribution in [0.4, 0.5) is 4.39 Å². The molecular formula is C10H11FN4O3. The van der Waals surface area contributed by atoms with Crippen molar-refractivity contribution in [2.24, 2.45) is 0 Å². The highest BCUT2D eigenvalue weighted by atomic mass is 19.1. The van der Waals surface area contributed by atoms with Gasteiger partial charge in [-0.2, -0.15) is 0 Å². The highest BCUT2D eigenvalue weighted by Gasteiger charge is 2.45. The molecule has 8 heteroatoms. The van der Waals surface area contributed by atoms with Crippen molar-refractivity contribution >= 4 is 11.2 Å². The lowest BCUT2D eigenvalue weighted by molar-refractivity contribution is -0.0459. The number of alkyl halides is 1. The molecule has 0 saturated carbocycles. The van der Waals surface area contributed by atoms with Gasteiger partial charge in [-0.3, -0.25) is 4.57 Å². The number of ether oxygens (including phenoxy) is 1. The van der Waals surface area contributed by atoms with Gasteiger partial charge in [0, 0.05) is 0 Å². The summed E-state index contributed by atoms with van der Waals surface area (Å²) in [5.41, 5.74) is 0.929. The molecule has 2 aromatic heterocycles. The van der Waals surface area contributed by atoms with Gasteiger partial charge in [-0.15, -0.1) is 0 Å². The Morgan fingerprint density at radius 1 is 1.44 bits per heavy atom. The summed E-state index contributed by atoms with van der Waals surface area (Å²) in [5.74, 6) is 0. The average molecular weight is 254 g/mol. The molecule has 0 amide bonds. The molecule has 0 aliphatic carbocycles. The molecule has 18 heavy (non-hydrogen) atoms. The van der Waals surface area contributed by atoms with E-state index >= 15 is 0 Å². The number of hydrogen-bond acceptors (Lipinski definition) is 6. The maximum atomic E-state index is 13.9. The van der Waals surface area contributed by atoms with Crippen molar-refractivity contribution in [1.82, 2.24) is 19.5 Å². The third-order valence-corrected chi connectivity index (χ3v) is 2.99. The second-order valence-electron chi connectivity index (χ2n) is 4.07. The van der Waals surface area contributed by atoms with Gasteiger partial charge in [-0.05, 0) is 0 Å². The fraction of sp³-hybridized carbons (Fsp3) is 0.500. The summed E-state index contributed by atoms with van der Waals surface area (Å²) in [6.45, 7) is -0.445. The van der Waals surface area contributed by atoms with Crippen LogP contribution in [0.25, 0.3) is 11.2 Å². The van der Waals surface area contributed by atoms with Crippen LogP contribution < -0.4 is 0 Å². The number of aliphatic hydroxyl groups is 2. The Kier molecular flexibility index (Phi) is 2.69. The predicted octanol–water partition coefficient (Wildman–Crippen LogP) is -0.585.